The molecule has 2 rings (SSSR count). The maximum absolute atomic E-state index is 14.2. The van der Waals surface area contributed by atoms with E-state index in [2.05, 4.69) is 21.2 Å². The lowest BCUT2D eigenvalue weighted by Gasteiger charge is -2.24. The Morgan fingerprint density at radius 2 is 2.25 bits per heavy atom. The van der Waals surface area contributed by atoms with Gasteiger partial charge in [-0.1, -0.05) is 18.5 Å². The standard InChI is InChI=1S/C13H16BrClFNO2S/c1-2-17-13(8-3-4-20(18,19)7-8)9-5-11(15)10(14)6-12(9)16/h5-6,8,13,17H,2-4,7H2,1H3. The van der Waals surface area contributed by atoms with Gasteiger partial charge in [-0.25, -0.2) is 12.8 Å². The minimum absolute atomic E-state index is 0.0950. The molecule has 1 N–H and O–H groups in total. The molecule has 1 aromatic rings. The minimum Gasteiger partial charge on any atom is -0.310 e. The second-order valence-corrected chi connectivity index (χ2v) is 8.48. The number of benzene rings is 1. The van der Waals surface area contributed by atoms with Crippen LogP contribution >= 0.6 is 27.5 Å². The minimum atomic E-state index is -3.00. The van der Waals surface area contributed by atoms with Crippen LogP contribution in [-0.4, -0.2) is 26.5 Å². The molecule has 0 aliphatic carbocycles. The van der Waals surface area contributed by atoms with Crippen LogP contribution in [-0.2, 0) is 9.84 Å². The average Bonchev–Trinajstić information content (AvgIpc) is 2.71. The molecule has 0 spiro atoms. The summed E-state index contributed by atoms with van der Waals surface area (Å²) in [6.45, 7) is 2.54. The Labute approximate surface area is 131 Å². The maximum atomic E-state index is 14.2. The lowest BCUT2D eigenvalue weighted by molar-refractivity contribution is 0.387. The topological polar surface area (TPSA) is 46.2 Å². The predicted octanol–water partition coefficient (Wildman–Crippen LogP) is 3.33. The largest absolute Gasteiger partial charge is 0.310 e. The zero-order valence-corrected chi connectivity index (χ0v) is 14.2. The summed E-state index contributed by atoms with van der Waals surface area (Å²) in [5.74, 6) is -0.230. The number of rotatable bonds is 4. The Bertz CT molecular complexity index is 609. The fourth-order valence-electron chi connectivity index (χ4n) is 2.61. The van der Waals surface area contributed by atoms with Crippen molar-refractivity contribution in [3.8, 4) is 0 Å². The third kappa shape index (κ3) is 3.53. The summed E-state index contributed by atoms with van der Waals surface area (Å²) in [4.78, 5) is 0. The van der Waals surface area contributed by atoms with Gasteiger partial charge in [0.25, 0.3) is 0 Å². The normalized spacial score (nSPS) is 22.9. The van der Waals surface area contributed by atoms with Crippen LogP contribution in [0.3, 0.4) is 0 Å². The van der Waals surface area contributed by atoms with E-state index in [-0.39, 0.29) is 29.3 Å². The van der Waals surface area contributed by atoms with Crippen LogP contribution in [0.1, 0.15) is 24.9 Å². The van der Waals surface area contributed by atoms with Crippen molar-refractivity contribution in [3.63, 3.8) is 0 Å². The monoisotopic (exact) mass is 383 g/mol. The van der Waals surface area contributed by atoms with Crippen molar-refractivity contribution in [2.75, 3.05) is 18.1 Å². The number of hydrogen-bond donors (Lipinski definition) is 1. The van der Waals surface area contributed by atoms with Crippen LogP contribution in [0.2, 0.25) is 5.02 Å². The molecule has 3 nitrogen and oxygen atoms in total. The summed E-state index contributed by atoms with van der Waals surface area (Å²) in [7, 11) is -3.00. The van der Waals surface area contributed by atoms with E-state index in [4.69, 9.17) is 11.6 Å². The van der Waals surface area contributed by atoms with Crippen molar-refractivity contribution in [3.05, 3.63) is 33.0 Å². The van der Waals surface area contributed by atoms with Gasteiger partial charge in [-0.3, -0.25) is 0 Å². The van der Waals surface area contributed by atoms with Gasteiger partial charge in [0.2, 0.25) is 0 Å². The fourth-order valence-corrected chi connectivity index (χ4v) is 4.94. The smallest absolute Gasteiger partial charge is 0.150 e. The van der Waals surface area contributed by atoms with Gasteiger partial charge in [0.05, 0.1) is 16.5 Å². The van der Waals surface area contributed by atoms with Crippen molar-refractivity contribution in [1.29, 1.82) is 0 Å². The molecule has 0 aromatic heterocycles. The van der Waals surface area contributed by atoms with Gasteiger partial charge in [0.15, 0.2) is 9.84 Å². The van der Waals surface area contributed by atoms with E-state index in [1.165, 1.54) is 6.07 Å². The van der Waals surface area contributed by atoms with E-state index < -0.39 is 9.84 Å². The van der Waals surface area contributed by atoms with E-state index in [9.17, 15) is 12.8 Å². The highest BCUT2D eigenvalue weighted by atomic mass is 79.9. The van der Waals surface area contributed by atoms with Gasteiger partial charge in [0.1, 0.15) is 5.82 Å². The Morgan fingerprint density at radius 1 is 1.55 bits per heavy atom. The average molecular weight is 385 g/mol. The molecule has 20 heavy (non-hydrogen) atoms. The summed E-state index contributed by atoms with van der Waals surface area (Å²) in [6.07, 6.45) is 0.549. The van der Waals surface area contributed by atoms with Gasteiger partial charge in [0, 0.05) is 16.1 Å². The van der Waals surface area contributed by atoms with Gasteiger partial charge in [-0.05, 0) is 46.9 Å². The van der Waals surface area contributed by atoms with E-state index in [1.54, 1.807) is 6.07 Å². The molecule has 0 bridgehead atoms. The quantitative estimate of drug-likeness (QED) is 0.810. The van der Waals surface area contributed by atoms with Crippen LogP contribution in [0.4, 0.5) is 4.39 Å². The maximum Gasteiger partial charge on any atom is 0.150 e. The second kappa shape index (κ2) is 6.30. The van der Waals surface area contributed by atoms with E-state index in [1.807, 2.05) is 6.92 Å². The van der Waals surface area contributed by atoms with E-state index in [0.29, 0.717) is 28.0 Å². The van der Waals surface area contributed by atoms with Crippen molar-refractivity contribution >= 4 is 37.4 Å². The molecule has 0 saturated carbocycles. The van der Waals surface area contributed by atoms with Crippen molar-refractivity contribution in [2.45, 2.75) is 19.4 Å². The van der Waals surface area contributed by atoms with Crippen molar-refractivity contribution in [1.82, 2.24) is 5.32 Å². The zero-order valence-electron chi connectivity index (χ0n) is 11.0. The lowest BCUT2D eigenvalue weighted by Crippen LogP contribution is -2.29. The molecule has 1 heterocycles. The molecule has 0 amide bonds. The zero-order chi connectivity index (χ0) is 14.9. The number of sulfone groups is 1. The highest BCUT2D eigenvalue weighted by molar-refractivity contribution is 9.10. The second-order valence-electron chi connectivity index (χ2n) is 4.99. The molecular weight excluding hydrogens is 369 g/mol. The highest BCUT2D eigenvalue weighted by Gasteiger charge is 2.35. The summed E-state index contributed by atoms with van der Waals surface area (Å²) >= 11 is 9.21. The molecule has 1 aromatic carbocycles. The van der Waals surface area contributed by atoms with E-state index >= 15 is 0 Å². The summed E-state index contributed by atoms with van der Waals surface area (Å²) < 4.78 is 37.9. The first-order valence-corrected chi connectivity index (χ1v) is 9.41. The Balaban J connectivity index is 2.36. The lowest BCUT2D eigenvalue weighted by atomic mass is 9.92. The van der Waals surface area contributed by atoms with Crippen molar-refractivity contribution < 1.29 is 12.8 Å². The summed E-state index contributed by atoms with van der Waals surface area (Å²) in [5, 5.41) is 3.61. The SMILES string of the molecule is CCNC(c1cc(Cl)c(Br)cc1F)C1CCS(=O)(=O)C1. The number of halogens is 3. The Hall–Kier alpha value is -0.170. The van der Waals surface area contributed by atoms with Crippen LogP contribution in [0.25, 0.3) is 0 Å². The molecular formula is C13H16BrClFNO2S. The first-order valence-electron chi connectivity index (χ1n) is 6.42. The molecule has 1 saturated heterocycles. The van der Waals surface area contributed by atoms with Crippen LogP contribution in [0.5, 0.6) is 0 Å². The Kier molecular flexibility index (Phi) is 5.10. The third-order valence-corrected chi connectivity index (χ3v) is 6.53. The molecule has 0 radical (unpaired) electrons. The summed E-state index contributed by atoms with van der Waals surface area (Å²) in [6, 6.07) is 2.56. The molecule has 2 unspecified atom stereocenters. The first kappa shape index (κ1) is 16.2. The van der Waals surface area contributed by atoms with Crippen LogP contribution < -0.4 is 5.32 Å². The van der Waals surface area contributed by atoms with Gasteiger partial charge < -0.3 is 5.32 Å². The molecule has 112 valence electrons. The first-order chi connectivity index (χ1) is 9.34. The molecule has 1 aliphatic heterocycles. The van der Waals surface area contributed by atoms with Crippen LogP contribution in [0.15, 0.2) is 16.6 Å². The number of nitrogens with one attached hydrogen (secondary N) is 1. The molecule has 7 heteroatoms. The third-order valence-electron chi connectivity index (χ3n) is 3.54. The van der Waals surface area contributed by atoms with Gasteiger partial charge in [-0.2, -0.15) is 0 Å². The van der Waals surface area contributed by atoms with E-state index in [0.717, 1.165) is 0 Å². The molecule has 1 aliphatic rings. The van der Waals surface area contributed by atoms with Crippen molar-refractivity contribution in [2.24, 2.45) is 5.92 Å². The highest BCUT2D eigenvalue weighted by Crippen LogP contribution is 2.35. The molecule has 2 atom stereocenters. The Morgan fingerprint density at radius 3 is 2.80 bits per heavy atom. The molecule has 1 fully saturated rings. The predicted molar refractivity (Wildman–Crippen MR) is 82.3 cm³/mol. The number of hydrogen-bond acceptors (Lipinski definition) is 3. The fraction of sp³-hybridized carbons (Fsp3) is 0.538. The van der Waals surface area contributed by atoms with Crippen LogP contribution in [0, 0.1) is 11.7 Å². The summed E-state index contributed by atoms with van der Waals surface area (Å²) in [5.41, 5.74) is 0.433. The van der Waals surface area contributed by atoms with Gasteiger partial charge in [-0.15, -0.1) is 0 Å². The van der Waals surface area contributed by atoms with Gasteiger partial charge >= 0.3 is 0 Å².